The van der Waals surface area contributed by atoms with Crippen LogP contribution in [-0.2, 0) is 9.53 Å². The van der Waals surface area contributed by atoms with Crippen LogP contribution in [0.2, 0.25) is 0 Å². The first-order chi connectivity index (χ1) is 12.1. The van der Waals surface area contributed by atoms with Crippen LogP contribution >= 0.6 is 11.3 Å². The molecule has 0 spiro atoms. The van der Waals surface area contributed by atoms with Crippen molar-refractivity contribution in [3.63, 3.8) is 0 Å². The molecule has 0 bridgehead atoms. The number of carbonyl (C=O) groups is 2. The summed E-state index contributed by atoms with van der Waals surface area (Å²) in [5, 5.41) is 3.49. The van der Waals surface area contributed by atoms with Gasteiger partial charge in [-0.15, -0.1) is 11.3 Å². The van der Waals surface area contributed by atoms with Gasteiger partial charge in [0.15, 0.2) is 10.8 Å². The normalized spacial score (nSPS) is 16.7. The summed E-state index contributed by atoms with van der Waals surface area (Å²) in [5.41, 5.74) is -0.949. The Hall–Kier alpha value is -2.35. The number of nitrogens with zero attached hydrogens (tertiary/aromatic N) is 3. The van der Waals surface area contributed by atoms with E-state index in [2.05, 4.69) is 20.3 Å². The highest BCUT2D eigenvalue weighted by molar-refractivity contribution is 7.16. The van der Waals surface area contributed by atoms with E-state index in [1.807, 2.05) is 0 Å². The fourth-order valence-electron chi connectivity index (χ4n) is 3.08. The van der Waals surface area contributed by atoms with E-state index < -0.39 is 5.54 Å². The van der Waals surface area contributed by atoms with Gasteiger partial charge in [0.2, 0.25) is 0 Å². The lowest BCUT2D eigenvalue weighted by Crippen LogP contribution is -2.54. The molecule has 1 saturated carbocycles. The van der Waals surface area contributed by atoms with E-state index in [-0.39, 0.29) is 11.9 Å². The van der Waals surface area contributed by atoms with Crippen molar-refractivity contribution in [1.82, 2.24) is 20.3 Å². The van der Waals surface area contributed by atoms with Crippen molar-refractivity contribution in [3.8, 4) is 10.8 Å². The van der Waals surface area contributed by atoms with Crippen molar-refractivity contribution in [2.45, 2.75) is 44.1 Å². The van der Waals surface area contributed by atoms with Gasteiger partial charge in [0.1, 0.15) is 10.4 Å². The maximum Gasteiger partial charge on any atom is 0.331 e. The third kappa shape index (κ3) is 3.84. The lowest BCUT2D eigenvalue weighted by atomic mass is 9.90. The van der Waals surface area contributed by atoms with Crippen LogP contribution in [0, 0.1) is 0 Å². The smallest absolute Gasteiger partial charge is 0.331 e. The van der Waals surface area contributed by atoms with Crippen molar-refractivity contribution in [2.24, 2.45) is 0 Å². The van der Waals surface area contributed by atoms with Crippen LogP contribution in [0.5, 0.6) is 0 Å². The van der Waals surface area contributed by atoms with Gasteiger partial charge < -0.3 is 10.1 Å². The number of carbonyl (C=O) groups excluding carboxylic acids is 2. The number of methoxy groups -OCH3 is 1. The first kappa shape index (κ1) is 17.5. The van der Waals surface area contributed by atoms with Crippen LogP contribution < -0.4 is 5.32 Å². The average Bonchev–Trinajstić information content (AvgIpc) is 3.03. The molecule has 0 aromatic carbocycles. The van der Waals surface area contributed by atoms with Crippen molar-refractivity contribution >= 4 is 23.2 Å². The molecule has 1 N–H and O–H groups in total. The molecular formula is C17H20N4O3S. The predicted molar refractivity (Wildman–Crippen MR) is 93.1 cm³/mol. The summed E-state index contributed by atoms with van der Waals surface area (Å²) in [5.74, 6) is -0.213. The minimum atomic E-state index is -0.949. The zero-order valence-electron chi connectivity index (χ0n) is 14.0. The number of ether oxygens (including phenoxy) is 1. The zero-order chi connectivity index (χ0) is 17.7. The molecule has 1 aliphatic carbocycles. The molecule has 1 aliphatic rings. The Kier molecular flexibility index (Phi) is 5.37. The third-order valence-corrected chi connectivity index (χ3v) is 5.36. The fourth-order valence-corrected chi connectivity index (χ4v) is 3.84. The molecule has 132 valence electrons. The number of nitrogens with one attached hydrogen (secondary N) is 1. The fraction of sp³-hybridized carbons (Fsp3) is 0.471. The monoisotopic (exact) mass is 360 g/mol. The number of thiazole rings is 1. The van der Waals surface area contributed by atoms with E-state index in [0.717, 1.165) is 25.7 Å². The van der Waals surface area contributed by atoms with Crippen molar-refractivity contribution < 1.29 is 14.3 Å². The number of amides is 1. The van der Waals surface area contributed by atoms with E-state index in [4.69, 9.17) is 4.74 Å². The zero-order valence-corrected chi connectivity index (χ0v) is 14.8. The average molecular weight is 360 g/mol. The minimum absolute atomic E-state index is 0.313. The van der Waals surface area contributed by atoms with Gasteiger partial charge in [-0.1, -0.05) is 25.7 Å². The third-order valence-electron chi connectivity index (χ3n) is 4.37. The van der Waals surface area contributed by atoms with Crippen molar-refractivity contribution in [3.05, 3.63) is 29.5 Å². The summed E-state index contributed by atoms with van der Waals surface area (Å²) in [6.07, 6.45) is 9.84. The lowest BCUT2D eigenvalue weighted by molar-refractivity contribution is -0.148. The van der Waals surface area contributed by atoms with Gasteiger partial charge in [0.25, 0.3) is 5.91 Å². The summed E-state index contributed by atoms with van der Waals surface area (Å²) in [7, 11) is 1.36. The molecule has 2 heterocycles. The highest BCUT2D eigenvalue weighted by atomic mass is 32.1. The van der Waals surface area contributed by atoms with E-state index >= 15 is 0 Å². The van der Waals surface area contributed by atoms with Crippen LogP contribution in [-0.4, -0.2) is 39.5 Å². The van der Waals surface area contributed by atoms with E-state index in [9.17, 15) is 9.59 Å². The topological polar surface area (TPSA) is 94.1 Å². The summed E-state index contributed by atoms with van der Waals surface area (Å²) in [4.78, 5) is 38.0. The van der Waals surface area contributed by atoms with Crippen molar-refractivity contribution in [2.75, 3.05) is 7.11 Å². The van der Waals surface area contributed by atoms with E-state index in [0.29, 0.717) is 28.6 Å². The summed E-state index contributed by atoms with van der Waals surface area (Å²) < 4.78 is 4.97. The van der Waals surface area contributed by atoms with E-state index in [1.165, 1.54) is 24.6 Å². The number of aromatic nitrogens is 3. The van der Waals surface area contributed by atoms with Crippen molar-refractivity contribution in [1.29, 1.82) is 0 Å². The van der Waals surface area contributed by atoms with Gasteiger partial charge in [-0.3, -0.25) is 4.79 Å². The van der Waals surface area contributed by atoms with Gasteiger partial charge >= 0.3 is 5.97 Å². The summed E-state index contributed by atoms with van der Waals surface area (Å²) >= 11 is 1.21. The van der Waals surface area contributed by atoms with E-state index in [1.54, 1.807) is 18.5 Å². The Labute approximate surface area is 149 Å². The van der Waals surface area contributed by atoms with Gasteiger partial charge in [0, 0.05) is 12.4 Å². The molecule has 0 saturated heterocycles. The molecule has 0 aliphatic heterocycles. The molecule has 0 unspecified atom stereocenters. The maximum absolute atomic E-state index is 12.7. The Balaban J connectivity index is 1.80. The quantitative estimate of drug-likeness (QED) is 0.665. The molecule has 7 nitrogen and oxygen atoms in total. The summed E-state index contributed by atoms with van der Waals surface area (Å²) in [6, 6.07) is 1.72. The highest BCUT2D eigenvalue weighted by Gasteiger charge is 2.41. The van der Waals surface area contributed by atoms with Crippen LogP contribution in [0.1, 0.15) is 48.2 Å². The Morgan fingerprint density at radius 1 is 1.12 bits per heavy atom. The SMILES string of the molecule is COC(=O)C1(NC(=O)c2cnc(-c3ncccn3)s2)CCCCCC1. The van der Waals surface area contributed by atoms with Gasteiger partial charge in [0.05, 0.1) is 13.3 Å². The maximum atomic E-state index is 12.7. The molecule has 2 aromatic heterocycles. The van der Waals surface area contributed by atoms with Crippen LogP contribution in [0.3, 0.4) is 0 Å². The second-order valence-corrected chi connectivity index (χ2v) is 7.07. The van der Waals surface area contributed by atoms with Crippen LogP contribution in [0.15, 0.2) is 24.7 Å². The molecule has 8 heteroatoms. The van der Waals surface area contributed by atoms with Gasteiger partial charge in [-0.2, -0.15) is 0 Å². The van der Waals surface area contributed by atoms with Crippen LogP contribution in [0.4, 0.5) is 0 Å². The molecule has 0 radical (unpaired) electrons. The number of rotatable bonds is 4. The van der Waals surface area contributed by atoms with Gasteiger partial charge in [-0.05, 0) is 18.9 Å². The largest absolute Gasteiger partial charge is 0.467 e. The lowest BCUT2D eigenvalue weighted by Gasteiger charge is -2.30. The Morgan fingerprint density at radius 2 is 1.80 bits per heavy atom. The van der Waals surface area contributed by atoms with Crippen LogP contribution in [0.25, 0.3) is 10.8 Å². The molecule has 3 rings (SSSR count). The molecule has 1 fully saturated rings. The highest BCUT2D eigenvalue weighted by Crippen LogP contribution is 2.30. The Bertz CT molecular complexity index is 739. The second-order valence-electron chi connectivity index (χ2n) is 6.04. The minimum Gasteiger partial charge on any atom is -0.467 e. The number of esters is 1. The standard InChI is InChI=1S/C17H20N4O3S/c1-24-16(23)17(7-4-2-3-5-8-17)21-14(22)12-11-20-15(25-12)13-18-9-6-10-19-13/h6,9-11H,2-5,7-8H2,1H3,(H,21,22). The first-order valence-electron chi connectivity index (χ1n) is 8.29. The summed E-state index contributed by atoms with van der Waals surface area (Å²) in [6.45, 7) is 0. The molecule has 2 aromatic rings. The number of hydrogen-bond donors (Lipinski definition) is 1. The molecule has 0 atom stereocenters. The first-order valence-corrected chi connectivity index (χ1v) is 9.10. The van der Waals surface area contributed by atoms with Gasteiger partial charge in [-0.25, -0.2) is 19.7 Å². The second kappa shape index (κ2) is 7.69. The molecule has 25 heavy (non-hydrogen) atoms. The predicted octanol–water partition coefficient (Wildman–Crippen LogP) is 2.60. The molecule has 1 amide bonds. The Morgan fingerprint density at radius 3 is 2.44 bits per heavy atom. The number of hydrogen-bond acceptors (Lipinski definition) is 7. The molecular weight excluding hydrogens is 340 g/mol.